The van der Waals surface area contributed by atoms with Crippen molar-refractivity contribution >= 4 is 54.4 Å². The largest absolute Gasteiger partial charge is 0.309 e. The molecule has 0 amide bonds. The Bertz CT molecular complexity index is 2830. The van der Waals surface area contributed by atoms with Crippen molar-refractivity contribution in [3.05, 3.63) is 182 Å². The Morgan fingerprint density at radius 3 is 1.75 bits per heavy atom. The SMILES string of the molecule is c1ccc(-c2ccccc2-n2c3ccccc3c3cc(-c4ccc5c6ccccc6n(-c6ccc7ccccc7c6)c5c4)ccc32)cc1. The Labute approximate surface area is 278 Å². The maximum Gasteiger partial charge on any atom is 0.0547 e. The molecular weight excluding hydrogens is 581 g/mol. The van der Waals surface area contributed by atoms with E-state index >= 15 is 0 Å². The molecule has 0 spiro atoms. The molecule has 0 radical (unpaired) electrons. The lowest BCUT2D eigenvalue weighted by molar-refractivity contribution is 1.18. The number of hydrogen-bond acceptors (Lipinski definition) is 0. The molecule has 0 unspecified atom stereocenters. The summed E-state index contributed by atoms with van der Waals surface area (Å²) in [5, 5.41) is 7.53. The fourth-order valence-corrected chi connectivity index (χ4v) is 7.69. The Morgan fingerprint density at radius 1 is 0.292 bits per heavy atom. The van der Waals surface area contributed by atoms with Gasteiger partial charge in [-0.3, -0.25) is 0 Å². The minimum absolute atomic E-state index is 1.17. The molecule has 0 saturated heterocycles. The third kappa shape index (κ3) is 4.06. The first kappa shape index (κ1) is 26.8. The van der Waals surface area contributed by atoms with E-state index in [0.717, 1.165) is 0 Å². The van der Waals surface area contributed by atoms with Crippen molar-refractivity contribution in [3.8, 4) is 33.6 Å². The van der Waals surface area contributed by atoms with Crippen LogP contribution in [0.3, 0.4) is 0 Å². The van der Waals surface area contributed by atoms with E-state index in [1.807, 2.05) is 0 Å². The van der Waals surface area contributed by atoms with Crippen molar-refractivity contribution in [2.24, 2.45) is 0 Å². The minimum atomic E-state index is 1.17. The molecule has 2 heterocycles. The lowest BCUT2D eigenvalue weighted by Gasteiger charge is -2.14. The van der Waals surface area contributed by atoms with E-state index in [2.05, 4.69) is 191 Å². The number of hydrogen-bond donors (Lipinski definition) is 0. The van der Waals surface area contributed by atoms with Crippen molar-refractivity contribution < 1.29 is 0 Å². The van der Waals surface area contributed by atoms with Crippen molar-refractivity contribution in [2.75, 3.05) is 0 Å². The molecule has 0 fully saturated rings. The predicted octanol–water partition coefficient (Wildman–Crippen LogP) is 12.4. The monoisotopic (exact) mass is 610 g/mol. The summed E-state index contributed by atoms with van der Waals surface area (Å²) < 4.78 is 4.85. The molecule has 2 nitrogen and oxygen atoms in total. The first-order valence-corrected chi connectivity index (χ1v) is 16.5. The Kier molecular flexibility index (Phi) is 5.91. The minimum Gasteiger partial charge on any atom is -0.309 e. The summed E-state index contributed by atoms with van der Waals surface area (Å²) in [5.74, 6) is 0. The third-order valence-corrected chi connectivity index (χ3v) is 9.90. The molecule has 10 rings (SSSR count). The Hall–Kier alpha value is -6.38. The zero-order valence-corrected chi connectivity index (χ0v) is 26.2. The van der Waals surface area contributed by atoms with Crippen LogP contribution < -0.4 is 0 Å². The zero-order valence-electron chi connectivity index (χ0n) is 26.2. The molecule has 0 saturated carbocycles. The van der Waals surface area contributed by atoms with Crippen LogP contribution in [0.1, 0.15) is 0 Å². The van der Waals surface area contributed by atoms with Crippen molar-refractivity contribution in [1.82, 2.24) is 9.13 Å². The van der Waals surface area contributed by atoms with Crippen molar-refractivity contribution in [1.29, 1.82) is 0 Å². The normalized spacial score (nSPS) is 11.8. The molecule has 0 N–H and O–H groups in total. The quantitative estimate of drug-likeness (QED) is 0.188. The van der Waals surface area contributed by atoms with E-state index in [0.29, 0.717) is 0 Å². The highest BCUT2D eigenvalue weighted by molar-refractivity contribution is 6.13. The summed E-state index contributed by atoms with van der Waals surface area (Å²) >= 11 is 0. The smallest absolute Gasteiger partial charge is 0.0547 e. The summed E-state index contributed by atoms with van der Waals surface area (Å²) in [5.41, 5.74) is 12.0. The van der Waals surface area contributed by atoms with E-state index in [-0.39, 0.29) is 0 Å². The number of para-hydroxylation sites is 3. The number of rotatable bonds is 4. The van der Waals surface area contributed by atoms with Crippen LogP contribution in [0.5, 0.6) is 0 Å². The number of aromatic nitrogens is 2. The van der Waals surface area contributed by atoms with E-state index in [9.17, 15) is 0 Å². The Morgan fingerprint density at radius 2 is 0.896 bits per heavy atom. The molecule has 48 heavy (non-hydrogen) atoms. The van der Waals surface area contributed by atoms with Gasteiger partial charge in [0.2, 0.25) is 0 Å². The van der Waals surface area contributed by atoms with Crippen molar-refractivity contribution in [2.45, 2.75) is 0 Å². The van der Waals surface area contributed by atoms with Crippen LogP contribution in [0.15, 0.2) is 182 Å². The van der Waals surface area contributed by atoms with Gasteiger partial charge in [-0.25, -0.2) is 0 Å². The predicted molar refractivity (Wildman–Crippen MR) is 203 cm³/mol. The van der Waals surface area contributed by atoms with Gasteiger partial charge in [0.1, 0.15) is 0 Å². The fourth-order valence-electron chi connectivity index (χ4n) is 7.69. The molecule has 2 heteroatoms. The maximum absolute atomic E-state index is 2.43. The van der Waals surface area contributed by atoms with Crippen LogP contribution in [0.2, 0.25) is 0 Å². The van der Waals surface area contributed by atoms with Gasteiger partial charge in [0.15, 0.2) is 0 Å². The molecule has 224 valence electrons. The summed E-state index contributed by atoms with van der Waals surface area (Å²) in [6.45, 7) is 0. The second kappa shape index (κ2) is 10.6. The maximum atomic E-state index is 2.43. The number of fused-ring (bicyclic) bond motifs is 7. The highest BCUT2D eigenvalue weighted by atomic mass is 15.0. The molecule has 10 aromatic rings. The van der Waals surface area contributed by atoms with Gasteiger partial charge in [-0.15, -0.1) is 0 Å². The van der Waals surface area contributed by atoms with Crippen LogP contribution in [-0.2, 0) is 0 Å². The van der Waals surface area contributed by atoms with Crippen LogP contribution in [0, 0.1) is 0 Å². The summed E-state index contributed by atoms with van der Waals surface area (Å²) in [6.07, 6.45) is 0. The van der Waals surface area contributed by atoms with Gasteiger partial charge < -0.3 is 9.13 Å². The Balaban J connectivity index is 1.19. The topological polar surface area (TPSA) is 9.86 Å². The summed E-state index contributed by atoms with van der Waals surface area (Å²) in [4.78, 5) is 0. The lowest BCUT2D eigenvalue weighted by Crippen LogP contribution is -1.97. The van der Waals surface area contributed by atoms with Crippen LogP contribution in [-0.4, -0.2) is 9.13 Å². The second-order valence-electron chi connectivity index (χ2n) is 12.6. The lowest BCUT2D eigenvalue weighted by atomic mass is 10.0. The van der Waals surface area contributed by atoms with Gasteiger partial charge in [-0.05, 0) is 76.0 Å². The molecule has 0 aliphatic heterocycles. The van der Waals surface area contributed by atoms with Gasteiger partial charge in [-0.1, -0.05) is 133 Å². The summed E-state index contributed by atoms with van der Waals surface area (Å²) in [6, 6.07) is 66.2. The molecule has 0 atom stereocenters. The van der Waals surface area contributed by atoms with Crippen LogP contribution in [0.25, 0.3) is 88.0 Å². The summed E-state index contributed by atoms with van der Waals surface area (Å²) in [7, 11) is 0. The van der Waals surface area contributed by atoms with Gasteiger partial charge in [-0.2, -0.15) is 0 Å². The molecular formula is C46H30N2. The average Bonchev–Trinajstić information content (AvgIpc) is 3.67. The highest BCUT2D eigenvalue weighted by Gasteiger charge is 2.17. The van der Waals surface area contributed by atoms with Crippen molar-refractivity contribution in [3.63, 3.8) is 0 Å². The molecule has 8 aromatic carbocycles. The van der Waals surface area contributed by atoms with Gasteiger partial charge >= 0.3 is 0 Å². The molecule has 0 aliphatic rings. The van der Waals surface area contributed by atoms with E-state index < -0.39 is 0 Å². The highest BCUT2D eigenvalue weighted by Crippen LogP contribution is 2.40. The molecule has 0 aliphatic carbocycles. The number of benzene rings is 8. The standard InChI is InChI=1S/C46H30N2/c1-2-13-32(14-3-1)37-16-6-9-19-42(37)48-44-21-11-8-18-39(44)41-29-34(24-27-45(41)48)35-23-26-40-38-17-7-10-20-43(38)47(46(40)30-35)36-25-22-31-12-4-5-15-33(31)28-36/h1-30H. The first-order valence-electron chi connectivity index (χ1n) is 16.5. The molecule has 2 aromatic heterocycles. The van der Waals surface area contributed by atoms with Gasteiger partial charge in [0.25, 0.3) is 0 Å². The van der Waals surface area contributed by atoms with E-state index in [1.165, 1.54) is 88.0 Å². The second-order valence-corrected chi connectivity index (χ2v) is 12.6. The van der Waals surface area contributed by atoms with Crippen LogP contribution in [0.4, 0.5) is 0 Å². The van der Waals surface area contributed by atoms with Gasteiger partial charge in [0.05, 0.1) is 27.8 Å². The van der Waals surface area contributed by atoms with E-state index in [4.69, 9.17) is 0 Å². The average molecular weight is 611 g/mol. The fraction of sp³-hybridized carbons (Fsp3) is 0. The van der Waals surface area contributed by atoms with Gasteiger partial charge in [0, 0.05) is 32.8 Å². The third-order valence-electron chi connectivity index (χ3n) is 9.90. The number of nitrogens with zero attached hydrogens (tertiary/aromatic N) is 2. The molecule has 0 bridgehead atoms. The first-order chi connectivity index (χ1) is 23.8. The zero-order chi connectivity index (χ0) is 31.6. The van der Waals surface area contributed by atoms with E-state index in [1.54, 1.807) is 0 Å². The van der Waals surface area contributed by atoms with Crippen LogP contribution >= 0.6 is 0 Å².